The van der Waals surface area contributed by atoms with Gasteiger partial charge in [0.15, 0.2) is 0 Å². The number of sulfonamides is 1. The number of piperazine rings is 1. The molecule has 2 aliphatic heterocycles. The third-order valence-electron chi connectivity index (χ3n) is 6.56. The van der Waals surface area contributed by atoms with Gasteiger partial charge >= 0.3 is 0 Å². The number of hydrogen-bond acceptors (Lipinski definition) is 4. The van der Waals surface area contributed by atoms with Crippen LogP contribution in [-0.2, 0) is 16.4 Å². The summed E-state index contributed by atoms with van der Waals surface area (Å²) in [7, 11) is -3.71. The largest absolute Gasteiger partial charge is 0.367 e. The molecule has 1 amide bonds. The SMILES string of the molecule is O=C(c1cccc(Cl)c1)N1CCCc2cc(S(=O)(=O)N3CCN(c4ccccc4F)CC3)ccc21. The Hall–Kier alpha value is -2.94. The zero-order valence-corrected chi connectivity index (χ0v) is 20.6. The molecule has 0 N–H and O–H groups in total. The molecule has 0 radical (unpaired) electrons. The number of anilines is 2. The molecule has 0 aromatic heterocycles. The molecule has 0 atom stereocenters. The summed E-state index contributed by atoms with van der Waals surface area (Å²) in [6.45, 7) is 1.92. The van der Waals surface area contributed by atoms with Gasteiger partial charge in [-0.25, -0.2) is 12.8 Å². The van der Waals surface area contributed by atoms with Crippen molar-refractivity contribution in [3.63, 3.8) is 0 Å². The Balaban J connectivity index is 1.35. The Bertz CT molecular complexity index is 1370. The molecule has 0 spiro atoms. The Labute approximate surface area is 209 Å². The van der Waals surface area contributed by atoms with Crippen LogP contribution < -0.4 is 9.80 Å². The third kappa shape index (κ3) is 4.66. The lowest BCUT2D eigenvalue weighted by Gasteiger charge is -2.36. The highest BCUT2D eigenvalue weighted by molar-refractivity contribution is 7.89. The van der Waals surface area contributed by atoms with Gasteiger partial charge in [-0.15, -0.1) is 0 Å². The fourth-order valence-corrected chi connectivity index (χ4v) is 6.41. The quantitative estimate of drug-likeness (QED) is 0.512. The van der Waals surface area contributed by atoms with Gasteiger partial charge in [0.1, 0.15) is 5.82 Å². The lowest BCUT2D eigenvalue weighted by Crippen LogP contribution is -2.49. The number of hydrogen-bond donors (Lipinski definition) is 0. The van der Waals surface area contributed by atoms with Gasteiger partial charge in [-0.1, -0.05) is 29.8 Å². The fourth-order valence-electron chi connectivity index (χ4n) is 4.75. The van der Waals surface area contributed by atoms with Gasteiger partial charge < -0.3 is 9.80 Å². The molecule has 3 aromatic carbocycles. The third-order valence-corrected chi connectivity index (χ3v) is 8.69. The predicted molar refractivity (Wildman–Crippen MR) is 135 cm³/mol. The molecule has 0 aliphatic carbocycles. The topological polar surface area (TPSA) is 60.9 Å². The number of fused-ring (bicyclic) bond motifs is 1. The minimum absolute atomic E-state index is 0.159. The first-order chi connectivity index (χ1) is 16.8. The van der Waals surface area contributed by atoms with E-state index in [2.05, 4.69) is 0 Å². The molecule has 1 fully saturated rings. The molecule has 35 heavy (non-hydrogen) atoms. The van der Waals surface area contributed by atoms with Crippen molar-refractivity contribution in [1.29, 1.82) is 0 Å². The average molecular weight is 514 g/mol. The maximum atomic E-state index is 14.1. The minimum Gasteiger partial charge on any atom is -0.367 e. The van der Waals surface area contributed by atoms with E-state index in [4.69, 9.17) is 11.6 Å². The van der Waals surface area contributed by atoms with Crippen LogP contribution in [0.4, 0.5) is 15.8 Å². The molecular formula is C26H25ClFN3O3S. The van der Waals surface area contributed by atoms with Crippen molar-refractivity contribution in [2.45, 2.75) is 17.7 Å². The summed E-state index contributed by atoms with van der Waals surface area (Å²) in [6.07, 6.45) is 1.43. The molecule has 9 heteroatoms. The van der Waals surface area contributed by atoms with Crippen molar-refractivity contribution < 1.29 is 17.6 Å². The first-order valence-electron chi connectivity index (χ1n) is 11.5. The molecule has 5 rings (SSSR count). The van der Waals surface area contributed by atoms with E-state index in [1.807, 2.05) is 4.90 Å². The maximum Gasteiger partial charge on any atom is 0.258 e. The number of nitrogens with zero attached hydrogens (tertiary/aromatic N) is 3. The van der Waals surface area contributed by atoms with E-state index >= 15 is 0 Å². The van der Waals surface area contributed by atoms with E-state index in [1.165, 1.54) is 10.4 Å². The highest BCUT2D eigenvalue weighted by atomic mass is 35.5. The van der Waals surface area contributed by atoms with E-state index in [9.17, 15) is 17.6 Å². The highest BCUT2D eigenvalue weighted by Gasteiger charge is 2.31. The van der Waals surface area contributed by atoms with Gasteiger partial charge in [-0.2, -0.15) is 4.31 Å². The number of para-hydroxylation sites is 1. The molecule has 6 nitrogen and oxygen atoms in total. The number of benzene rings is 3. The van der Waals surface area contributed by atoms with Crippen molar-refractivity contribution in [1.82, 2.24) is 4.31 Å². The lowest BCUT2D eigenvalue weighted by molar-refractivity contribution is 0.0985. The van der Waals surface area contributed by atoms with Crippen LogP contribution >= 0.6 is 11.6 Å². The first kappa shape index (κ1) is 23.8. The van der Waals surface area contributed by atoms with Crippen molar-refractivity contribution in [2.75, 3.05) is 42.5 Å². The molecule has 0 bridgehead atoms. The standard InChI is InChI=1S/C26H25ClFN3O3S/c27-21-7-3-5-20(17-21)26(32)31-12-4-6-19-18-22(10-11-24(19)31)35(33,34)30-15-13-29(14-16-30)25-9-2-1-8-23(25)28/h1-3,5,7-11,17-18H,4,6,12-16H2. The lowest BCUT2D eigenvalue weighted by atomic mass is 10.0. The first-order valence-corrected chi connectivity index (χ1v) is 13.4. The summed E-state index contributed by atoms with van der Waals surface area (Å²) in [4.78, 5) is 16.9. The van der Waals surface area contributed by atoms with Crippen LogP contribution in [0, 0.1) is 5.82 Å². The minimum atomic E-state index is -3.71. The van der Waals surface area contributed by atoms with Gasteiger partial charge in [-0.3, -0.25) is 4.79 Å². The van der Waals surface area contributed by atoms with Crippen molar-refractivity contribution >= 4 is 38.9 Å². The molecule has 1 saturated heterocycles. The second-order valence-electron chi connectivity index (χ2n) is 8.70. The fraction of sp³-hybridized carbons (Fsp3) is 0.269. The molecule has 3 aromatic rings. The smallest absolute Gasteiger partial charge is 0.258 e. The van der Waals surface area contributed by atoms with Crippen molar-refractivity contribution in [3.05, 3.63) is 88.7 Å². The molecule has 0 saturated carbocycles. The van der Waals surface area contributed by atoms with Crippen LogP contribution in [0.3, 0.4) is 0 Å². The molecular weight excluding hydrogens is 489 g/mol. The zero-order valence-electron chi connectivity index (χ0n) is 19.0. The second-order valence-corrected chi connectivity index (χ2v) is 11.1. The average Bonchev–Trinajstić information content (AvgIpc) is 2.88. The van der Waals surface area contributed by atoms with E-state index in [0.717, 1.165) is 17.7 Å². The van der Waals surface area contributed by atoms with Gasteiger partial charge in [-0.05, 0) is 66.9 Å². The number of amides is 1. The van der Waals surface area contributed by atoms with Crippen LogP contribution in [0.1, 0.15) is 22.3 Å². The Morgan fingerprint density at radius 3 is 2.37 bits per heavy atom. The second kappa shape index (κ2) is 9.60. The molecule has 182 valence electrons. The summed E-state index contributed by atoms with van der Waals surface area (Å²) in [6, 6.07) is 18.3. The summed E-state index contributed by atoms with van der Waals surface area (Å²) in [5.74, 6) is -0.469. The summed E-state index contributed by atoms with van der Waals surface area (Å²) < 4.78 is 42.4. The monoisotopic (exact) mass is 513 g/mol. The van der Waals surface area contributed by atoms with E-state index in [-0.39, 0.29) is 29.7 Å². The van der Waals surface area contributed by atoms with E-state index in [0.29, 0.717) is 42.3 Å². The zero-order chi connectivity index (χ0) is 24.6. The molecule has 2 heterocycles. The van der Waals surface area contributed by atoms with Crippen LogP contribution in [0.2, 0.25) is 5.02 Å². The normalized spacial score (nSPS) is 16.7. The Morgan fingerprint density at radius 1 is 0.857 bits per heavy atom. The number of aryl methyl sites for hydroxylation is 1. The molecule has 2 aliphatic rings. The summed E-state index contributed by atoms with van der Waals surface area (Å²) in [5.41, 5.74) is 2.54. The summed E-state index contributed by atoms with van der Waals surface area (Å²) >= 11 is 6.06. The van der Waals surface area contributed by atoms with Crippen molar-refractivity contribution in [2.24, 2.45) is 0 Å². The summed E-state index contributed by atoms with van der Waals surface area (Å²) in [5, 5.41) is 0.490. The van der Waals surface area contributed by atoms with E-state index < -0.39 is 10.0 Å². The highest BCUT2D eigenvalue weighted by Crippen LogP contribution is 2.32. The van der Waals surface area contributed by atoms with Crippen LogP contribution in [-0.4, -0.2) is 51.4 Å². The van der Waals surface area contributed by atoms with Gasteiger partial charge in [0.2, 0.25) is 10.0 Å². The molecule has 0 unspecified atom stereocenters. The number of carbonyl (C=O) groups is 1. The van der Waals surface area contributed by atoms with Crippen molar-refractivity contribution in [3.8, 4) is 0 Å². The number of rotatable bonds is 4. The van der Waals surface area contributed by atoms with Gasteiger partial charge in [0, 0.05) is 49.0 Å². The van der Waals surface area contributed by atoms with Gasteiger partial charge in [0.25, 0.3) is 5.91 Å². The van der Waals surface area contributed by atoms with Gasteiger partial charge in [0.05, 0.1) is 10.6 Å². The van der Waals surface area contributed by atoms with Crippen LogP contribution in [0.25, 0.3) is 0 Å². The Kier molecular flexibility index (Phi) is 6.53. The Morgan fingerprint density at radius 2 is 1.63 bits per heavy atom. The number of carbonyl (C=O) groups excluding carboxylic acids is 1. The van der Waals surface area contributed by atoms with E-state index in [1.54, 1.807) is 65.6 Å². The number of halogens is 2. The van der Waals surface area contributed by atoms with Crippen LogP contribution in [0.5, 0.6) is 0 Å². The van der Waals surface area contributed by atoms with Crippen LogP contribution in [0.15, 0.2) is 71.6 Å². The maximum absolute atomic E-state index is 14.1. The predicted octanol–water partition coefficient (Wildman–Crippen LogP) is 4.58.